The lowest BCUT2D eigenvalue weighted by Crippen LogP contribution is -2.37. The summed E-state index contributed by atoms with van der Waals surface area (Å²) in [6.07, 6.45) is 1.97. The Bertz CT molecular complexity index is 1100. The maximum atomic E-state index is 12.8. The molecule has 1 aliphatic rings. The third kappa shape index (κ3) is 5.52. The highest BCUT2D eigenvalue weighted by Crippen LogP contribution is 2.37. The first-order chi connectivity index (χ1) is 16.0. The highest BCUT2D eigenvalue weighted by atomic mass is 32.2. The molecule has 1 saturated heterocycles. The van der Waals surface area contributed by atoms with Crippen LogP contribution in [0.25, 0.3) is 11.4 Å². The van der Waals surface area contributed by atoms with Gasteiger partial charge in [-0.15, -0.1) is 10.2 Å². The fourth-order valence-corrected chi connectivity index (χ4v) is 4.73. The average Bonchev–Trinajstić information content (AvgIpc) is 3.48. The fraction of sp³-hybridized carbons (Fsp3) is 0.304. The Labute approximate surface area is 195 Å². The van der Waals surface area contributed by atoms with Crippen molar-refractivity contribution in [2.45, 2.75) is 35.9 Å². The SMILES string of the molecule is COc1ccc(-c2nnc(SC(C(=O)NC(N)=O)c3ccccc3)n2CC2CCCO2)cc1. The Morgan fingerprint density at radius 2 is 1.97 bits per heavy atom. The van der Waals surface area contributed by atoms with Gasteiger partial charge in [-0.2, -0.15) is 0 Å². The summed E-state index contributed by atoms with van der Waals surface area (Å²) in [5.74, 6) is 0.889. The van der Waals surface area contributed by atoms with E-state index in [4.69, 9.17) is 15.2 Å². The molecule has 2 aromatic carbocycles. The molecule has 3 N–H and O–H groups in total. The van der Waals surface area contributed by atoms with E-state index in [1.807, 2.05) is 59.2 Å². The molecule has 4 rings (SSSR count). The van der Waals surface area contributed by atoms with Crippen molar-refractivity contribution < 1.29 is 19.1 Å². The van der Waals surface area contributed by atoms with Crippen LogP contribution >= 0.6 is 11.8 Å². The van der Waals surface area contributed by atoms with Gasteiger partial charge in [0.1, 0.15) is 11.0 Å². The molecule has 3 aromatic rings. The smallest absolute Gasteiger partial charge is 0.318 e. The van der Waals surface area contributed by atoms with E-state index in [0.29, 0.717) is 17.5 Å². The van der Waals surface area contributed by atoms with Crippen LogP contribution in [0.3, 0.4) is 0 Å². The topological polar surface area (TPSA) is 121 Å². The van der Waals surface area contributed by atoms with E-state index in [2.05, 4.69) is 15.5 Å². The number of nitrogens with two attached hydrogens (primary N) is 1. The third-order valence-corrected chi connectivity index (χ3v) is 6.52. The van der Waals surface area contributed by atoms with Gasteiger partial charge < -0.3 is 15.2 Å². The molecule has 1 fully saturated rings. The van der Waals surface area contributed by atoms with Gasteiger partial charge in [-0.05, 0) is 42.7 Å². The van der Waals surface area contributed by atoms with Crippen LogP contribution in [0.1, 0.15) is 23.7 Å². The minimum Gasteiger partial charge on any atom is -0.497 e. The molecule has 0 aliphatic carbocycles. The minimum atomic E-state index is -0.902. The Morgan fingerprint density at radius 3 is 2.61 bits per heavy atom. The maximum Gasteiger partial charge on any atom is 0.318 e. The van der Waals surface area contributed by atoms with E-state index in [1.54, 1.807) is 7.11 Å². The number of benzene rings is 2. The lowest BCUT2D eigenvalue weighted by Gasteiger charge is -2.18. The molecule has 2 heterocycles. The Balaban J connectivity index is 1.70. The monoisotopic (exact) mass is 467 g/mol. The van der Waals surface area contributed by atoms with Crippen molar-refractivity contribution in [2.24, 2.45) is 5.73 Å². The molecule has 33 heavy (non-hydrogen) atoms. The molecule has 2 unspecified atom stereocenters. The Kier molecular flexibility index (Phi) is 7.26. The second-order valence-corrected chi connectivity index (χ2v) is 8.61. The van der Waals surface area contributed by atoms with Crippen LogP contribution in [0.4, 0.5) is 4.79 Å². The molecule has 1 aliphatic heterocycles. The largest absolute Gasteiger partial charge is 0.497 e. The zero-order valence-electron chi connectivity index (χ0n) is 18.1. The highest BCUT2D eigenvalue weighted by molar-refractivity contribution is 8.00. The summed E-state index contributed by atoms with van der Waals surface area (Å²) < 4.78 is 13.1. The average molecular weight is 468 g/mol. The Morgan fingerprint density at radius 1 is 1.21 bits per heavy atom. The first-order valence-electron chi connectivity index (χ1n) is 10.6. The molecule has 2 atom stereocenters. The lowest BCUT2D eigenvalue weighted by molar-refractivity contribution is -0.119. The predicted molar refractivity (Wildman–Crippen MR) is 124 cm³/mol. The van der Waals surface area contributed by atoms with Gasteiger partial charge in [-0.3, -0.25) is 14.7 Å². The number of carbonyl (C=O) groups is 2. The molecule has 10 heteroatoms. The van der Waals surface area contributed by atoms with E-state index in [1.165, 1.54) is 11.8 Å². The standard InChI is InChI=1S/C23H25N5O4S/c1-31-17-11-9-16(10-12-17)20-26-27-23(28(20)14-18-8-5-13-32-18)33-19(21(29)25-22(24)30)15-6-3-2-4-7-15/h2-4,6-7,9-12,18-19H,5,8,13-14H2,1H3,(H3,24,25,29,30). The number of thioether (sulfide) groups is 1. The number of hydrogen-bond donors (Lipinski definition) is 2. The van der Waals surface area contributed by atoms with Gasteiger partial charge in [0, 0.05) is 12.2 Å². The quantitative estimate of drug-likeness (QED) is 0.488. The summed E-state index contributed by atoms with van der Waals surface area (Å²) in [4.78, 5) is 24.2. The van der Waals surface area contributed by atoms with Crippen LogP contribution in [-0.4, -0.2) is 46.5 Å². The predicted octanol–water partition coefficient (Wildman–Crippen LogP) is 3.16. The molecule has 0 bridgehead atoms. The van der Waals surface area contributed by atoms with Crippen molar-refractivity contribution in [3.8, 4) is 17.1 Å². The highest BCUT2D eigenvalue weighted by Gasteiger charge is 2.28. The summed E-state index contributed by atoms with van der Waals surface area (Å²) in [5.41, 5.74) is 6.79. The molecular formula is C23H25N5O4S. The van der Waals surface area contributed by atoms with Crippen LogP contribution in [0.15, 0.2) is 59.8 Å². The number of imide groups is 1. The van der Waals surface area contributed by atoms with Gasteiger partial charge >= 0.3 is 6.03 Å². The number of rotatable bonds is 8. The Hall–Kier alpha value is -3.37. The summed E-state index contributed by atoms with van der Waals surface area (Å²) in [5, 5.41) is 10.8. The number of aromatic nitrogens is 3. The fourth-order valence-electron chi connectivity index (χ4n) is 3.68. The molecule has 3 amide bonds. The van der Waals surface area contributed by atoms with E-state index < -0.39 is 17.2 Å². The van der Waals surface area contributed by atoms with E-state index >= 15 is 0 Å². The van der Waals surface area contributed by atoms with Crippen LogP contribution in [-0.2, 0) is 16.1 Å². The molecule has 0 saturated carbocycles. The number of nitrogens with one attached hydrogen (secondary N) is 1. The normalized spacial score (nSPS) is 16.3. The van der Waals surface area contributed by atoms with E-state index in [9.17, 15) is 9.59 Å². The maximum absolute atomic E-state index is 12.8. The van der Waals surface area contributed by atoms with Crippen molar-refractivity contribution in [3.63, 3.8) is 0 Å². The van der Waals surface area contributed by atoms with Gasteiger partial charge in [0.05, 0.1) is 19.8 Å². The van der Waals surface area contributed by atoms with Gasteiger partial charge in [0.2, 0.25) is 5.91 Å². The number of urea groups is 1. The molecule has 1 aromatic heterocycles. The molecule has 0 radical (unpaired) electrons. The minimum absolute atomic E-state index is 0.0342. The number of ether oxygens (including phenoxy) is 2. The second-order valence-electron chi connectivity index (χ2n) is 7.54. The number of amides is 3. The van der Waals surface area contributed by atoms with Crippen molar-refractivity contribution in [2.75, 3.05) is 13.7 Å². The summed E-state index contributed by atoms with van der Waals surface area (Å²) in [7, 11) is 1.62. The van der Waals surface area contributed by atoms with Crippen LogP contribution in [0.2, 0.25) is 0 Å². The molecule has 172 valence electrons. The van der Waals surface area contributed by atoms with Crippen molar-refractivity contribution >= 4 is 23.7 Å². The van der Waals surface area contributed by atoms with Crippen molar-refractivity contribution in [3.05, 3.63) is 60.2 Å². The van der Waals surface area contributed by atoms with Gasteiger partial charge in [-0.1, -0.05) is 42.1 Å². The molecule has 9 nitrogen and oxygen atoms in total. The lowest BCUT2D eigenvalue weighted by atomic mass is 10.1. The summed E-state index contributed by atoms with van der Waals surface area (Å²) in [6.45, 7) is 1.27. The van der Waals surface area contributed by atoms with Gasteiger partial charge in [0.15, 0.2) is 11.0 Å². The number of primary amides is 1. The molecular weight excluding hydrogens is 442 g/mol. The second kappa shape index (κ2) is 10.5. The van der Waals surface area contributed by atoms with Crippen LogP contribution in [0.5, 0.6) is 5.75 Å². The summed E-state index contributed by atoms with van der Waals surface area (Å²) >= 11 is 1.21. The van der Waals surface area contributed by atoms with Gasteiger partial charge in [0.25, 0.3) is 0 Å². The van der Waals surface area contributed by atoms with Crippen molar-refractivity contribution in [1.82, 2.24) is 20.1 Å². The molecule has 0 spiro atoms. The number of nitrogens with zero attached hydrogens (tertiary/aromatic N) is 3. The van der Waals surface area contributed by atoms with E-state index in [0.717, 1.165) is 36.3 Å². The van der Waals surface area contributed by atoms with Crippen molar-refractivity contribution in [1.29, 1.82) is 0 Å². The third-order valence-electron chi connectivity index (χ3n) is 5.29. The summed E-state index contributed by atoms with van der Waals surface area (Å²) in [6, 6.07) is 15.8. The van der Waals surface area contributed by atoms with Crippen LogP contribution in [0, 0.1) is 0 Å². The zero-order chi connectivity index (χ0) is 23.2. The van der Waals surface area contributed by atoms with Crippen LogP contribution < -0.4 is 15.8 Å². The zero-order valence-corrected chi connectivity index (χ0v) is 19.0. The number of hydrogen-bond acceptors (Lipinski definition) is 7. The number of carbonyl (C=O) groups excluding carboxylic acids is 2. The van der Waals surface area contributed by atoms with E-state index in [-0.39, 0.29) is 6.10 Å². The first kappa shape index (κ1) is 22.8. The van der Waals surface area contributed by atoms with Gasteiger partial charge in [-0.25, -0.2) is 4.79 Å². The first-order valence-corrected chi connectivity index (χ1v) is 11.4. The number of methoxy groups -OCH3 is 1.